The minimum Gasteiger partial charge on any atom is -0.354 e. The molecule has 1 atom stereocenters. The minimum atomic E-state index is -0.221. The van der Waals surface area contributed by atoms with Gasteiger partial charge in [-0.1, -0.05) is 24.3 Å². The van der Waals surface area contributed by atoms with Gasteiger partial charge in [-0.05, 0) is 31.5 Å². The number of hydrogen-bond acceptors (Lipinski definition) is 3. The Kier molecular flexibility index (Phi) is 4.34. The van der Waals surface area contributed by atoms with Crippen LogP contribution in [0.25, 0.3) is 0 Å². The second-order valence-electron chi connectivity index (χ2n) is 6.21. The van der Waals surface area contributed by atoms with Gasteiger partial charge in [0.25, 0.3) is 5.56 Å². The molecule has 23 heavy (non-hydrogen) atoms. The lowest BCUT2D eigenvalue weighted by Crippen LogP contribution is -2.45. The molecule has 0 bridgehead atoms. The average molecular weight is 314 g/mol. The van der Waals surface area contributed by atoms with Crippen LogP contribution in [0.4, 0.5) is 0 Å². The Morgan fingerprint density at radius 3 is 2.74 bits per heavy atom. The second-order valence-corrected chi connectivity index (χ2v) is 6.21. The summed E-state index contributed by atoms with van der Waals surface area (Å²) in [7, 11) is 2.08. The first kappa shape index (κ1) is 15.6. The molecule has 0 spiro atoms. The van der Waals surface area contributed by atoms with Crippen LogP contribution in [-0.4, -0.2) is 40.6 Å². The monoisotopic (exact) mass is 314 g/mol. The number of nitrogens with zero attached hydrogens (tertiary/aromatic N) is 1. The van der Waals surface area contributed by atoms with Gasteiger partial charge in [0.1, 0.15) is 0 Å². The summed E-state index contributed by atoms with van der Waals surface area (Å²) in [5.41, 5.74) is 3.70. The van der Waals surface area contributed by atoms with Gasteiger partial charge in [0.15, 0.2) is 0 Å². The van der Waals surface area contributed by atoms with Gasteiger partial charge in [0.05, 0.1) is 6.42 Å². The zero-order chi connectivity index (χ0) is 16.4. The van der Waals surface area contributed by atoms with E-state index >= 15 is 0 Å². The van der Waals surface area contributed by atoms with Crippen LogP contribution >= 0.6 is 0 Å². The van der Waals surface area contributed by atoms with Gasteiger partial charge in [-0.15, -0.1) is 0 Å². The molecule has 1 aliphatic heterocycles. The Morgan fingerprint density at radius 1 is 1.30 bits per heavy atom. The van der Waals surface area contributed by atoms with Crippen LogP contribution in [0.1, 0.15) is 22.4 Å². The fourth-order valence-corrected chi connectivity index (χ4v) is 3.09. The molecule has 1 aliphatic rings. The van der Waals surface area contributed by atoms with Crippen molar-refractivity contribution in [3.05, 3.63) is 57.0 Å². The van der Waals surface area contributed by atoms with Gasteiger partial charge >= 0.3 is 0 Å². The third kappa shape index (κ3) is 3.37. The van der Waals surface area contributed by atoms with E-state index in [1.807, 2.05) is 0 Å². The molecule has 1 amide bonds. The van der Waals surface area contributed by atoms with Gasteiger partial charge in [0.2, 0.25) is 5.91 Å². The molecule has 122 valence electrons. The van der Waals surface area contributed by atoms with E-state index in [1.54, 1.807) is 6.92 Å². The van der Waals surface area contributed by atoms with E-state index in [2.05, 4.69) is 51.7 Å². The number of aryl methyl sites for hydroxylation is 1. The first-order chi connectivity index (χ1) is 11.0. The van der Waals surface area contributed by atoms with Crippen molar-refractivity contribution in [1.29, 1.82) is 0 Å². The zero-order valence-electron chi connectivity index (χ0n) is 13.5. The van der Waals surface area contributed by atoms with Crippen LogP contribution in [0.3, 0.4) is 0 Å². The molecule has 6 heteroatoms. The fourth-order valence-electron chi connectivity index (χ4n) is 3.09. The first-order valence-corrected chi connectivity index (χ1v) is 7.84. The zero-order valence-corrected chi connectivity index (χ0v) is 13.5. The lowest BCUT2D eigenvalue weighted by atomic mass is 9.94. The molecule has 0 fully saturated rings. The summed E-state index contributed by atoms with van der Waals surface area (Å²) in [6, 6.07) is 8.70. The highest BCUT2D eigenvalue weighted by molar-refractivity contribution is 5.78. The number of amides is 1. The normalized spacial score (nSPS) is 17.7. The minimum absolute atomic E-state index is 0.109. The van der Waals surface area contributed by atoms with Gasteiger partial charge < -0.3 is 10.4 Å². The standard InChI is InChI=1S/C17H22N4O2/c1-11-15(17(23)20-19-11)8-16(22)18-9-14-7-12-5-3-4-6-13(12)10-21(14)2/h3-6,14H,7-10H2,1-2H3,(H,18,22)(H2,19,20,23)/t14-/m1/s1. The van der Waals surface area contributed by atoms with Crippen molar-refractivity contribution in [2.75, 3.05) is 13.6 Å². The van der Waals surface area contributed by atoms with Crippen molar-refractivity contribution >= 4 is 5.91 Å². The maximum absolute atomic E-state index is 12.1. The highest BCUT2D eigenvalue weighted by Crippen LogP contribution is 2.21. The molecule has 1 aromatic carbocycles. The molecule has 0 saturated carbocycles. The number of nitrogens with one attached hydrogen (secondary N) is 3. The van der Waals surface area contributed by atoms with E-state index in [0.29, 0.717) is 17.8 Å². The molecular formula is C17H22N4O2. The maximum Gasteiger partial charge on any atom is 0.267 e. The van der Waals surface area contributed by atoms with Crippen molar-refractivity contribution in [2.24, 2.45) is 0 Å². The molecule has 2 aromatic rings. The van der Waals surface area contributed by atoms with Crippen LogP contribution in [0, 0.1) is 6.92 Å². The number of benzene rings is 1. The number of carbonyl (C=O) groups excluding carboxylic acids is 1. The lowest BCUT2D eigenvalue weighted by Gasteiger charge is -2.34. The second kappa shape index (κ2) is 6.42. The quantitative estimate of drug-likeness (QED) is 0.778. The van der Waals surface area contributed by atoms with Gasteiger partial charge in [0, 0.05) is 30.4 Å². The number of hydrogen-bond donors (Lipinski definition) is 3. The summed E-state index contributed by atoms with van der Waals surface area (Å²) in [6.07, 6.45) is 1.04. The third-order valence-corrected chi connectivity index (χ3v) is 4.58. The Morgan fingerprint density at radius 2 is 2.04 bits per heavy atom. The van der Waals surface area contributed by atoms with Crippen LogP contribution in [0.5, 0.6) is 0 Å². The molecule has 0 saturated heterocycles. The number of H-pyrrole nitrogens is 2. The Bertz CT molecular complexity index is 762. The van der Waals surface area contributed by atoms with E-state index in [4.69, 9.17) is 0 Å². The summed E-state index contributed by atoms with van der Waals surface area (Å²) < 4.78 is 0. The molecule has 0 unspecified atom stereocenters. The van der Waals surface area contributed by atoms with Crippen molar-refractivity contribution in [2.45, 2.75) is 32.4 Å². The highest BCUT2D eigenvalue weighted by atomic mass is 16.2. The number of carbonyl (C=O) groups is 1. The van der Waals surface area contributed by atoms with Gasteiger partial charge in [-0.25, -0.2) is 0 Å². The first-order valence-electron chi connectivity index (χ1n) is 7.84. The fraction of sp³-hybridized carbons (Fsp3) is 0.412. The van der Waals surface area contributed by atoms with Gasteiger partial charge in [-0.3, -0.25) is 19.6 Å². The van der Waals surface area contributed by atoms with E-state index in [0.717, 1.165) is 13.0 Å². The number of aromatic amines is 2. The number of likely N-dealkylation sites (N-methyl/N-ethyl adjacent to an activating group) is 1. The van der Waals surface area contributed by atoms with E-state index in [9.17, 15) is 9.59 Å². The van der Waals surface area contributed by atoms with Crippen LogP contribution < -0.4 is 10.9 Å². The number of rotatable bonds is 4. The Hall–Kier alpha value is -2.34. The Labute approximate surface area is 134 Å². The SMILES string of the molecule is Cc1[nH][nH]c(=O)c1CC(=O)NC[C@H]1Cc2ccccc2CN1C. The largest absolute Gasteiger partial charge is 0.354 e. The van der Waals surface area contributed by atoms with E-state index in [1.165, 1.54) is 11.1 Å². The molecule has 3 rings (SSSR count). The van der Waals surface area contributed by atoms with Crippen molar-refractivity contribution < 1.29 is 4.79 Å². The molecule has 6 nitrogen and oxygen atoms in total. The van der Waals surface area contributed by atoms with Crippen molar-refractivity contribution in [3.63, 3.8) is 0 Å². The lowest BCUT2D eigenvalue weighted by molar-refractivity contribution is -0.120. The van der Waals surface area contributed by atoms with Crippen molar-refractivity contribution in [3.8, 4) is 0 Å². The van der Waals surface area contributed by atoms with Gasteiger partial charge in [-0.2, -0.15) is 0 Å². The summed E-state index contributed by atoms with van der Waals surface area (Å²) in [4.78, 5) is 26.0. The molecule has 0 radical (unpaired) electrons. The molecular weight excluding hydrogens is 292 g/mol. The maximum atomic E-state index is 12.1. The summed E-state index contributed by atoms with van der Waals surface area (Å²) >= 11 is 0. The van der Waals surface area contributed by atoms with Crippen LogP contribution in [-0.2, 0) is 24.2 Å². The summed E-state index contributed by atoms with van der Waals surface area (Å²) in [5.74, 6) is -0.120. The molecule has 1 aromatic heterocycles. The molecule has 3 N–H and O–H groups in total. The predicted octanol–water partition coefficient (Wildman–Crippen LogP) is 0.727. The number of fused-ring (bicyclic) bond motifs is 1. The Balaban J connectivity index is 1.58. The van der Waals surface area contributed by atoms with Crippen LogP contribution in [0.15, 0.2) is 29.1 Å². The smallest absolute Gasteiger partial charge is 0.267 e. The third-order valence-electron chi connectivity index (χ3n) is 4.58. The van der Waals surface area contributed by atoms with Crippen molar-refractivity contribution in [1.82, 2.24) is 20.4 Å². The van der Waals surface area contributed by atoms with Crippen LogP contribution in [0.2, 0.25) is 0 Å². The molecule has 2 heterocycles. The summed E-state index contributed by atoms with van der Waals surface area (Å²) in [5, 5.41) is 8.20. The average Bonchev–Trinajstić information content (AvgIpc) is 2.85. The number of aromatic nitrogens is 2. The highest BCUT2D eigenvalue weighted by Gasteiger charge is 2.23. The predicted molar refractivity (Wildman–Crippen MR) is 88.3 cm³/mol. The topological polar surface area (TPSA) is 81.0 Å². The van der Waals surface area contributed by atoms with E-state index < -0.39 is 0 Å². The summed E-state index contributed by atoms with van der Waals surface area (Å²) in [6.45, 7) is 3.27. The van der Waals surface area contributed by atoms with E-state index in [-0.39, 0.29) is 23.9 Å². The molecule has 0 aliphatic carbocycles.